The second-order valence-electron chi connectivity index (χ2n) is 6.05. The van der Waals surface area contributed by atoms with E-state index < -0.39 is 16.0 Å². The standard InChI is InChI=1S/C15H21NO4S/c1-10-6-11(2)9-16(8-10)21(19,20)13-5-4-12(3)14(7-13)15(17)18/h4-5,7,10-11H,6,8-9H2,1-3H3,(H,17,18). The molecule has 2 unspecified atom stereocenters. The lowest BCUT2D eigenvalue weighted by molar-refractivity contribution is 0.0696. The molecule has 0 radical (unpaired) electrons. The Balaban J connectivity index is 2.40. The van der Waals surface area contributed by atoms with Crippen molar-refractivity contribution in [2.24, 2.45) is 11.8 Å². The molecule has 6 heteroatoms. The van der Waals surface area contributed by atoms with E-state index in [9.17, 15) is 13.2 Å². The molecule has 5 nitrogen and oxygen atoms in total. The number of carboxylic acid groups (broad SMARTS) is 1. The van der Waals surface area contributed by atoms with Gasteiger partial charge in [0.25, 0.3) is 0 Å². The summed E-state index contributed by atoms with van der Waals surface area (Å²) in [6.07, 6.45) is 1.01. The summed E-state index contributed by atoms with van der Waals surface area (Å²) in [5.41, 5.74) is 0.594. The number of piperidine rings is 1. The van der Waals surface area contributed by atoms with Gasteiger partial charge in [-0.05, 0) is 42.9 Å². The van der Waals surface area contributed by atoms with Crippen LogP contribution in [-0.2, 0) is 10.0 Å². The molecule has 1 aromatic carbocycles. The quantitative estimate of drug-likeness (QED) is 0.930. The Morgan fingerprint density at radius 3 is 2.33 bits per heavy atom. The van der Waals surface area contributed by atoms with Crippen molar-refractivity contribution < 1.29 is 18.3 Å². The third-order valence-electron chi connectivity index (χ3n) is 3.91. The van der Waals surface area contributed by atoms with Crippen molar-refractivity contribution in [1.29, 1.82) is 0 Å². The SMILES string of the molecule is Cc1ccc(S(=O)(=O)N2CC(C)CC(C)C2)cc1C(=O)O. The largest absolute Gasteiger partial charge is 0.478 e. The Bertz CT molecular complexity index is 644. The maximum absolute atomic E-state index is 12.7. The topological polar surface area (TPSA) is 74.7 Å². The molecule has 1 aliphatic heterocycles. The summed E-state index contributed by atoms with van der Waals surface area (Å²) in [6.45, 7) is 6.71. The first-order valence-electron chi connectivity index (χ1n) is 7.06. The summed E-state index contributed by atoms with van der Waals surface area (Å²) in [7, 11) is -3.63. The number of rotatable bonds is 3. The molecule has 1 N–H and O–H groups in total. The first-order valence-corrected chi connectivity index (χ1v) is 8.50. The number of carboxylic acids is 1. The van der Waals surface area contributed by atoms with E-state index in [0.29, 0.717) is 30.5 Å². The average Bonchev–Trinajstić information content (AvgIpc) is 2.37. The fourth-order valence-corrected chi connectivity index (χ4v) is 4.65. The maximum Gasteiger partial charge on any atom is 0.335 e. The van der Waals surface area contributed by atoms with Gasteiger partial charge in [-0.25, -0.2) is 13.2 Å². The number of hydrogen-bond acceptors (Lipinski definition) is 3. The van der Waals surface area contributed by atoms with Gasteiger partial charge >= 0.3 is 5.97 Å². The lowest BCUT2D eigenvalue weighted by atomic mass is 9.94. The molecule has 1 saturated heterocycles. The van der Waals surface area contributed by atoms with Crippen LogP contribution < -0.4 is 0 Å². The van der Waals surface area contributed by atoms with Gasteiger partial charge in [0.15, 0.2) is 0 Å². The number of nitrogens with zero attached hydrogens (tertiary/aromatic N) is 1. The van der Waals surface area contributed by atoms with Gasteiger partial charge in [0.2, 0.25) is 10.0 Å². The van der Waals surface area contributed by atoms with Gasteiger partial charge < -0.3 is 5.11 Å². The Labute approximate surface area is 125 Å². The highest BCUT2D eigenvalue weighted by atomic mass is 32.2. The second-order valence-corrected chi connectivity index (χ2v) is 7.99. The number of aryl methyl sites for hydroxylation is 1. The van der Waals surface area contributed by atoms with E-state index in [1.807, 2.05) is 13.8 Å². The monoisotopic (exact) mass is 311 g/mol. The fourth-order valence-electron chi connectivity index (χ4n) is 2.94. The molecule has 0 aromatic heterocycles. The van der Waals surface area contributed by atoms with E-state index in [2.05, 4.69) is 0 Å². The lowest BCUT2D eigenvalue weighted by Crippen LogP contribution is -2.42. The molecule has 0 spiro atoms. The first kappa shape index (κ1) is 16.0. The van der Waals surface area contributed by atoms with Gasteiger partial charge in [0.1, 0.15) is 0 Å². The molecular formula is C15H21NO4S. The molecular weight excluding hydrogens is 290 g/mol. The van der Waals surface area contributed by atoms with Gasteiger partial charge in [-0.3, -0.25) is 0 Å². The van der Waals surface area contributed by atoms with Crippen LogP contribution in [0.4, 0.5) is 0 Å². The summed E-state index contributed by atoms with van der Waals surface area (Å²) in [5.74, 6) is -0.481. The van der Waals surface area contributed by atoms with Crippen molar-refractivity contribution in [2.75, 3.05) is 13.1 Å². The van der Waals surface area contributed by atoms with Crippen LogP contribution in [0.15, 0.2) is 23.1 Å². The van der Waals surface area contributed by atoms with Crippen LogP contribution in [0.25, 0.3) is 0 Å². The van der Waals surface area contributed by atoms with Crippen LogP contribution in [0, 0.1) is 18.8 Å². The fraction of sp³-hybridized carbons (Fsp3) is 0.533. The third-order valence-corrected chi connectivity index (χ3v) is 5.74. The zero-order valence-electron chi connectivity index (χ0n) is 12.5. The summed E-state index contributed by atoms with van der Waals surface area (Å²) in [6, 6.07) is 4.30. The minimum absolute atomic E-state index is 0.0363. The zero-order chi connectivity index (χ0) is 15.8. The minimum Gasteiger partial charge on any atom is -0.478 e. The molecule has 2 rings (SSSR count). The molecule has 1 fully saturated rings. The van der Waals surface area contributed by atoms with Crippen molar-refractivity contribution in [3.05, 3.63) is 29.3 Å². The van der Waals surface area contributed by atoms with Crippen LogP contribution in [0.2, 0.25) is 0 Å². The highest BCUT2D eigenvalue weighted by Crippen LogP contribution is 2.27. The van der Waals surface area contributed by atoms with E-state index in [1.54, 1.807) is 13.0 Å². The van der Waals surface area contributed by atoms with Crippen LogP contribution >= 0.6 is 0 Å². The number of aromatic carboxylic acids is 1. The predicted octanol–water partition coefficient (Wildman–Crippen LogP) is 2.36. The molecule has 0 saturated carbocycles. The van der Waals surface area contributed by atoms with Gasteiger partial charge in [-0.1, -0.05) is 19.9 Å². The second kappa shape index (κ2) is 5.77. The van der Waals surface area contributed by atoms with Crippen LogP contribution in [0.3, 0.4) is 0 Å². The number of carbonyl (C=O) groups is 1. The van der Waals surface area contributed by atoms with Gasteiger partial charge in [-0.2, -0.15) is 4.31 Å². The Kier molecular flexibility index (Phi) is 4.39. The van der Waals surface area contributed by atoms with Crippen molar-refractivity contribution in [2.45, 2.75) is 32.1 Å². The molecule has 1 heterocycles. The normalized spacial score (nSPS) is 24.0. The van der Waals surface area contributed by atoms with Gasteiger partial charge in [-0.15, -0.1) is 0 Å². The van der Waals surface area contributed by atoms with Crippen LogP contribution in [-0.4, -0.2) is 36.9 Å². The van der Waals surface area contributed by atoms with Crippen molar-refractivity contribution >= 4 is 16.0 Å². The van der Waals surface area contributed by atoms with E-state index in [-0.39, 0.29) is 10.5 Å². The molecule has 1 aromatic rings. The highest BCUT2D eigenvalue weighted by Gasteiger charge is 2.32. The average molecular weight is 311 g/mol. The summed E-state index contributed by atoms with van der Waals surface area (Å²) < 4.78 is 26.9. The zero-order valence-corrected chi connectivity index (χ0v) is 13.4. The Morgan fingerprint density at radius 1 is 1.24 bits per heavy atom. The van der Waals surface area contributed by atoms with Crippen molar-refractivity contribution in [3.63, 3.8) is 0 Å². The smallest absolute Gasteiger partial charge is 0.335 e. The number of benzene rings is 1. The van der Waals surface area contributed by atoms with Crippen LogP contribution in [0.1, 0.15) is 36.2 Å². The van der Waals surface area contributed by atoms with Gasteiger partial charge in [0.05, 0.1) is 10.5 Å². The number of sulfonamides is 1. The molecule has 2 atom stereocenters. The van der Waals surface area contributed by atoms with E-state index in [0.717, 1.165) is 6.42 Å². The molecule has 0 bridgehead atoms. The predicted molar refractivity (Wildman–Crippen MR) is 79.8 cm³/mol. The molecule has 1 aliphatic rings. The maximum atomic E-state index is 12.7. The van der Waals surface area contributed by atoms with Crippen molar-refractivity contribution in [3.8, 4) is 0 Å². The first-order chi connectivity index (χ1) is 9.71. The molecule has 0 aliphatic carbocycles. The Hall–Kier alpha value is -1.40. The molecule has 116 valence electrons. The molecule has 0 amide bonds. The van der Waals surface area contributed by atoms with E-state index in [1.165, 1.54) is 16.4 Å². The van der Waals surface area contributed by atoms with E-state index >= 15 is 0 Å². The molecule has 21 heavy (non-hydrogen) atoms. The summed E-state index contributed by atoms with van der Waals surface area (Å²) in [4.78, 5) is 11.2. The van der Waals surface area contributed by atoms with Crippen molar-refractivity contribution in [1.82, 2.24) is 4.31 Å². The van der Waals surface area contributed by atoms with E-state index in [4.69, 9.17) is 5.11 Å². The summed E-state index contributed by atoms with van der Waals surface area (Å²) >= 11 is 0. The minimum atomic E-state index is -3.63. The lowest BCUT2D eigenvalue weighted by Gasteiger charge is -2.34. The number of hydrogen-bond donors (Lipinski definition) is 1. The summed E-state index contributed by atoms with van der Waals surface area (Å²) in [5, 5.41) is 9.14. The highest BCUT2D eigenvalue weighted by molar-refractivity contribution is 7.89. The van der Waals surface area contributed by atoms with Gasteiger partial charge in [0, 0.05) is 13.1 Å². The Morgan fingerprint density at radius 2 is 1.81 bits per heavy atom. The third kappa shape index (κ3) is 3.27. The van der Waals surface area contributed by atoms with Crippen LogP contribution in [0.5, 0.6) is 0 Å².